The number of carbonyl (C=O) groups is 1. The van der Waals surface area contributed by atoms with Crippen molar-refractivity contribution in [3.05, 3.63) is 30.1 Å². The normalized spacial score (nSPS) is 11.2. The summed E-state index contributed by atoms with van der Waals surface area (Å²) < 4.78 is 2.04. The van der Waals surface area contributed by atoms with Crippen LogP contribution in [0.4, 0.5) is 0 Å². The Morgan fingerprint density at radius 1 is 1.37 bits per heavy atom. The minimum Gasteiger partial charge on any atom is -0.353 e. The first kappa shape index (κ1) is 13.5. The van der Waals surface area contributed by atoms with E-state index in [0.29, 0.717) is 13.1 Å². The first-order valence-corrected chi connectivity index (χ1v) is 6.48. The molecular formula is C14H20N4O. The highest BCUT2D eigenvalue weighted by Gasteiger charge is 2.07. The molecule has 1 aromatic carbocycles. The van der Waals surface area contributed by atoms with Gasteiger partial charge in [0.2, 0.25) is 5.91 Å². The molecular weight excluding hydrogens is 240 g/mol. The molecule has 5 nitrogen and oxygen atoms in total. The number of nitrogens with one attached hydrogen (secondary N) is 2. The number of imidazole rings is 1. The highest BCUT2D eigenvalue weighted by molar-refractivity contribution is 5.78. The van der Waals surface area contributed by atoms with E-state index in [-0.39, 0.29) is 11.9 Å². The summed E-state index contributed by atoms with van der Waals surface area (Å²) in [5, 5.41) is 5.95. The van der Waals surface area contributed by atoms with Crippen LogP contribution in [-0.4, -0.2) is 28.0 Å². The molecule has 2 rings (SSSR count). The molecule has 2 aromatic rings. The predicted octanol–water partition coefficient (Wildman–Crippen LogP) is 1.19. The number of aromatic nitrogens is 2. The van der Waals surface area contributed by atoms with Crippen molar-refractivity contribution in [2.45, 2.75) is 26.4 Å². The Labute approximate surface area is 113 Å². The van der Waals surface area contributed by atoms with Gasteiger partial charge in [-0.3, -0.25) is 4.79 Å². The second-order valence-corrected chi connectivity index (χ2v) is 4.90. The molecule has 0 atom stereocenters. The average Bonchev–Trinajstić information content (AvgIpc) is 2.66. The molecule has 0 radical (unpaired) electrons. The van der Waals surface area contributed by atoms with E-state index in [2.05, 4.69) is 15.6 Å². The Balaban J connectivity index is 1.95. The number of carbonyl (C=O) groups excluding carboxylic acids is 1. The van der Waals surface area contributed by atoms with Crippen LogP contribution in [0.25, 0.3) is 11.0 Å². The molecule has 19 heavy (non-hydrogen) atoms. The number of benzene rings is 1. The number of para-hydroxylation sites is 2. The van der Waals surface area contributed by atoms with Crippen LogP contribution in [-0.2, 0) is 18.4 Å². The van der Waals surface area contributed by atoms with Crippen LogP contribution >= 0.6 is 0 Å². The van der Waals surface area contributed by atoms with Gasteiger partial charge in [-0.05, 0) is 26.0 Å². The number of hydrogen-bond donors (Lipinski definition) is 2. The fraction of sp³-hybridized carbons (Fsp3) is 0.429. The quantitative estimate of drug-likeness (QED) is 0.849. The van der Waals surface area contributed by atoms with Crippen molar-refractivity contribution < 1.29 is 4.79 Å². The lowest BCUT2D eigenvalue weighted by Crippen LogP contribution is -2.37. The minimum absolute atomic E-state index is 0.00811. The van der Waals surface area contributed by atoms with Crippen molar-refractivity contribution in [3.8, 4) is 0 Å². The van der Waals surface area contributed by atoms with Gasteiger partial charge >= 0.3 is 0 Å². The maximum atomic E-state index is 11.5. The van der Waals surface area contributed by atoms with Crippen LogP contribution in [0.5, 0.6) is 0 Å². The molecule has 0 aliphatic rings. The van der Waals surface area contributed by atoms with E-state index in [1.54, 1.807) is 0 Å². The molecule has 0 unspecified atom stereocenters. The standard InChI is InChI=1S/C14H20N4O/c1-10(2)16-14(19)9-15-8-13-17-11-6-4-5-7-12(11)18(13)3/h4-7,10,15H,8-9H2,1-3H3,(H,16,19). The molecule has 0 aliphatic carbocycles. The summed E-state index contributed by atoms with van der Waals surface area (Å²) >= 11 is 0. The SMILES string of the molecule is CC(C)NC(=O)CNCc1nc2ccccc2n1C. The average molecular weight is 260 g/mol. The molecule has 0 fully saturated rings. The fourth-order valence-corrected chi connectivity index (χ4v) is 2.01. The van der Waals surface area contributed by atoms with Gasteiger partial charge in [0, 0.05) is 13.1 Å². The van der Waals surface area contributed by atoms with Crippen molar-refractivity contribution in [3.63, 3.8) is 0 Å². The largest absolute Gasteiger partial charge is 0.353 e. The fourth-order valence-electron chi connectivity index (χ4n) is 2.01. The van der Waals surface area contributed by atoms with Gasteiger partial charge in [-0.2, -0.15) is 0 Å². The van der Waals surface area contributed by atoms with Gasteiger partial charge in [0.1, 0.15) is 5.82 Å². The number of aryl methyl sites for hydroxylation is 1. The first-order valence-electron chi connectivity index (χ1n) is 6.48. The number of fused-ring (bicyclic) bond motifs is 1. The van der Waals surface area contributed by atoms with Crippen LogP contribution in [0.2, 0.25) is 0 Å². The zero-order chi connectivity index (χ0) is 13.8. The van der Waals surface area contributed by atoms with Gasteiger partial charge < -0.3 is 15.2 Å². The molecule has 1 amide bonds. The Hall–Kier alpha value is -1.88. The minimum atomic E-state index is 0.00811. The van der Waals surface area contributed by atoms with Crippen LogP contribution in [0, 0.1) is 0 Å². The molecule has 0 saturated heterocycles. The molecule has 1 heterocycles. The maximum absolute atomic E-state index is 11.5. The molecule has 0 saturated carbocycles. The topological polar surface area (TPSA) is 59.0 Å². The van der Waals surface area contributed by atoms with Crippen molar-refractivity contribution in [2.75, 3.05) is 6.54 Å². The molecule has 2 N–H and O–H groups in total. The summed E-state index contributed by atoms with van der Waals surface area (Å²) in [6, 6.07) is 8.17. The van der Waals surface area contributed by atoms with Gasteiger partial charge in [0.05, 0.1) is 24.1 Å². The third-order valence-electron chi connectivity index (χ3n) is 2.90. The summed E-state index contributed by atoms with van der Waals surface area (Å²) in [7, 11) is 1.99. The second-order valence-electron chi connectivity index (χ2n) is 4.90. The summed E-state index contributed by atoms with van der Waals surface area (Å²) in [6.45, 7) is 4.78. The Kier molecular flexibility index (Phi) is 4.16. The van der Waals surface area contributed by atoms with Crippen molar-refractivity contribution in [1.29, 1.82) is 0 Å². The number of rotatable bonds is 5. The van der Waals surface area contributed by atoms with E-state index >= 15 is 0 Å². The van der Waals surface area contributed by atoms with E-state index in [4.69, 9.17) is 0 Å². The monoisotopic (exact) mass is 260 g/mol. The lowest BCUT2D eigenvalue weighted by atomic mass is 10.3. The third-order valence-corrected chi connectivity index (χ3v) is 2.90. The van der Waals surface area contributed by atoms with E-state index < -0.39 is 0 Å². The lowest BCUT2D eigenvalue weighted by Gasteiger charge is -2.09. The molecule has 0 spiro atoms. The molecule has 0 aliphatic heterocycles. The number of hydrogen-bond acceptors (Lipinski definition) is 3. The van der Waals surface area contributed by atoms with Crippen molar-refractivity contribution >= 4 is 16.9 Å². The Morgan fingerprint density at radius 2 is 2.11 bits per heavy atom. The predicted molar refractivity (Wildman–Crippen MR) is 75.7 cm³/mol. The molecule has 0 bridgehead atoms. The Morgan fingerprint density at radius 3 is 2.79 bits per heavy atom. The van der Waals surface area contributed by atoms with Gasteiger partial charge in [-0.1, -0.05) is 12.1 Å². The van der Waals surface area contributed by atoms with Gasteiger partial charge in [0.15, 0.2) is 0 Å². The highest BCUT2D eigenvalue weighted by Crippen LogP contribution is 2.13. The van der Waals surface area contributed by atoms with E-state index in [1.807, 2.05) is 49.7 Å². The Bertz CT molecular complexity index is 574. The van der Waals surface area contributed by atoms with Gasteiger partial charge in [-0.25, -0.2) is 4.98 Å². The van der Waals surface area contributed by atoms with Gasteiger partial charge in [-0.15, -0.1) is 0 Å². The smallest absolute Gasteiger partial charge is 0.234 e. The number of nitrogens with zero attached hydrogens (tertiary/aromatic N) is 2. The van der Waals surface area contributed by atoms with Crippen molar-refractivity contribution in [2.24, 2.45) is 7.05 Å². The third kappa shape index (κ3) is 3.32. The van der Waals surface area contributed by atoms with Crippen LogP contribution in [0.15, 0.2) is 24.3 Å². The molecule has 1 aromatic heterocycles. The van der Waals surface area contributed by atoms with Crippen LogP contribution in [0.1, 0.15) is 19.7 Å². The maximum Gasteiger partial charge on any atom is 0.234 e. The summed E-state index contributed by atoms with van der Waals surface area (Å²) in [4.78, 5) is 16.0. The zero-order valence-corrected chi connectivity index (χ0v) is 11.6. The second kappa shape index (κ2) is 5.84. The van der Waals surface area contributed by atoms with E-state index in [9.17, 15) is 4.79 Å². The van der Waals surface area contributed by atoms with Crippen molar-refractivity contribution in [1.82, 2.24) is 20.2 Å². The van der Waals surface area contributed by atoms with E-state index in [1.165, 1.54) is 0 Å². The van der Waals surface area contributed by atoms with Gasteiger partial charge in [0.25, 0.3) is 0 Å². The zero-order valence-electron chi connectivity index (χ0n) is 11.6. The molecule has 5 heteroatoms. The lowest BCUT2D eigenvalue weighted by molar-refractivity contribution is -0.120. The summed E-state index contributed by atoms with van der Waals surface area (Å²) in [6.07, 6.45) is 0. The summed E-state index contributed by atoms with van der Waals surface area (Å²) in [5.74, 6) is 0.937. The van der Waals surface area contributed by atoms with E-state index in [0.717, 1.165) is 16.9 Å². The van der Waals surface area contributed by atoms with Crippen LogP contribution in [0.3, 0.4) is 0 Å². The molecule has 102 valence electrons. The first-order chi connectivity index (χ1) is 9.08. The summed E-state index contributed by atoms with van der Waals surface area (Å²) in [5.41, 5.74) is 2.08. The number of amides is 1. The highest BCUT2D eigenvalue weighted by atomic mass is 16.1. The van der Waals surface area contributed by atoms with Crippen LogP contribution < -0.4 is 10.6 Å².